The van der Waals surface area contributed by atoms with Crippen LogP contribution in [0.15, 0.2) is 66.7 Å². The van der Waals surface area contributed by atoms with E-state index in [4.69, 9.17) is 4.74 Å². The molecule has 3 N–H and O–H groups in total. The summed E-state index contributed by atoms with van der Waals surface area (Å²) in [5.41, 5.74) is 1.56. The summed E-state index contributed by atoms with van der Waals surface area (Å²) in [6.45, 7) is 8.78. The Hall–Kier alpha value is -3.91. The predicted molar refractivity (Wildman–Crippen MR) is 158 cm³/mol. The number of benzene rings is 3. The van der Waals surface area contributed by atoms with Crippen LogP contribution >= 0.6 is 0 Å². The van der Waals surface area contributed by atoms with Crippen molar-refractivity contribution in [2.75, 3.05) is 18.5 Å². The molecule has 0 heterocycles. The van der Waals surface area contributed by atoms with E-state index in [1.54, 1.807) is 20.8 Å². The number of ether oxygens (including phenoxy) is 1. The lowest BCUT2D eigenvalue weighted by molar-refractivity contribution is -0.141. The molecule has 3 aromatic carbocycles. The number of nitrogens with zero attached hydrogens (tertiary/aromatic N) is 1. The number of hydrogen-bond acceptors (Lipinski definition) is 5. The molecule has 0 aliphatic heterocycles. The van der Waals surface area contributed by atoms with E-state index in [1.165, 1.54) is 4.90 Å². The van der Waals surface area contributed by atoms with Gasteiger partial charge < -0.3 is 25.4 Å². The van der Waals surface area contributed by atoms with Crippen LogP contribution in [0.3, 0.4) is 0 Å². The van der Waals surface area contributed by atoms with E-state index < -0.39 is 42.2 Å². The second-order valence-electron chi connectivity index (χ2n) is 10.8. The first-order chi connectivity index (χ1) is 19.1. The number of anilines is 1. The standard InChI is InChI=1S/C32H41N3O5/c1-6-8-19-35(30(38)27(21-36)34-31(39)40-32(3,4)5)28(24-15-13-22(7-2)14-16-24)29(37)33-26-18-17-23-11-9-10-12-25(23)20-26/h9-18,20,27-28,36H,6-8,19,21H2,1-5H3,(H,33,37)(H,34,39). The van der Waals surface area contributed by atoms with Crippen molar-refractivity contribution < 1.29 is 24.2 Å². The van der Waals surface area contributed by atoms with E-state index >= 15 is 0 Å². The molecular weight excluding hydrogens is 506 g/mol. The molecule has 0 bridgehead atoms. The van der Waals surface area contributed by atoms with Gasteiger partial charge in [0.2, 0.25) is 5.91 Å². The van der Waals surface area contributed by atoms with Crippen LogP contribution in [-0.4, -0.2) is 52.7 Å². The second kappa shape index (κ2) is 13.9. The fraction of sp³-hybridized carbons (Fsp3) is 0.406. The van der Waals surface area contributed by atoms with E-state index in [-0.39, 0.29) is 6.54 Å². The number of aliphatic hydroxyl groups excluding tert-OH is 1. The monoisotopic (exact) mass is 547 g/mol. The highest BCUT2D eigenvalue weighted by atomic mass is 16.6. The van der Waals surface area contributed by atoms with E-state index in [1.807, 2.05) is 80.6 Å². The summed E-state index contributed by atoms with van der Waals surface area (Å²) in [5.74, 6) is -0.960. The summed E-state index contributed by atoms with van der Waals surface area (Å²) < 4.78 is 5.30. The Bertz CT molecular complexity index is 1300. The minimum absolute atomic E-state index is 0.257. The van der Waals surface area contributed by atoms with Crippen LogP contribution in [0.5, 0.6) is 0 Å². The van der Waals surface area contributed by atoms with Crippen LogP contribution in [0.1, 0.15) is 64.6 Å². The lowest BCUT2D eigenvalue weighted by Crippen LogP contribution is -2.54. The Morgan fingerprint density at radius 1 is 0.950 bits per heavy atom. The number of hydrogen-bond donors (Lipinski definition) is 3. The van der Waals surface area contributed by atoms with E-state index in [9.17, 15) is 19.5 Å². The number of fused-ring (bicyclic) bond motifs is 1. The van der Waals surface area contributed by atoms with E-state index in [2.05, 4.69) is 10.6 Å². The first-order valence-corrected chi connectivity index (χ1v) is 13.9. The van der Waals surface area contributed by atoms with Crippen molar-refractivity contribution in [3.8, 4) is 0 Å². The van der Waals surface area contributed by atoms with Gasteiger partial charge in [0.15, 0.2) is 0 Å². The third-order valence-electron chi connectivity index (χ3n) is 6.49. The van der Waals surface area contributed by atoms with Crippen molar-refractivity contribution in [3.63, 3.8) is 0 Å². The van der Waals surface area contributed by atoms with Crippen molar-refractivity contribution in [2.24, 2.45) is 0 Å². The molecule has 0 aromatic heterocycles. The summed E-state index contributed by atoms with van der Waals surface area (Å²) in [4.78, 5) is 41.7. The van der Waals surface area contributed by atoms with Gasteiger partial charge in [-0.2, -0.15) is 0 Å². The molecular formula is C32H41N3O5. The first kappa shape index (κ1) is 30.6. The third kappa shape index (κ3) is 8.29. The van der Waals surface area contributed by atoms with Crippen LogP contribution < -0.4 is 10.6 Å². The number of aryl methyl sites for hydroxylation is 1. The van der Waals surface area contributed by atoms with Gasteiger partial charge in [0, 0.05) is 12.2 Å². The van der Waals surface area contributed by atoms with Gasteiger partial charge in [-0.1, -0.05) is 74.9 Å². The summed E-state index contributed by atoms with van der Waals surface area (Å²) >= 11 is 0. The van der Waals surface area contributed by atoms with Crippen molar-refractivity contribution >= 4 is 34.4 Å². The number of rotatable bonds is 11. The molecule has 3 amide bonds. The number of aliphatic hydroxyl groups is 1. The zero-order valence-corrected chi connectivity index (χ0v) is 24.1. The maximum Gasteiger partial charge on any atom is 0.408 e. The SMILES string of the molecule is CCCCN(C(=O)C(CO)NC(=O)OC(C)(C)C)C(C(=O)Nc1ccc2ccccc2c1)c1ccc(CC)cc1. The molecule has 0 radical (unpaired) electrons. The molecule has 0 fully saturated rings. The number of carbonyl (C=O) groups is 3. The quantitative estimate of drug-likeness (QED) is 0.290. The van der Waals surface area contributed by atoms with Crippen molar-refractivity contribution in [2.45, 2.75) is 71.6 Å². The molecule has 2 unspecified atom stereocenters. The summed E-state index contributed by atoms with van der Waals surface area (Å²) in [5, 5.41) is 17.6. The van der Waals surface area contributed by atoms with Gasteiger partial charge in [-0.3, -0.25) is 9.59 Å². The number of amides is 3. The molecule has 0 saturated heterocycles. The summed E-state index contributed by atoms with van der Waals surface area (Å²) in [7, 11) is 0. The molecule has 0 saturated carbocycles. The largest absolute Gasteiger partial charge is 0.444 e. The highest BCUT2D eigenvalue weighted by Gasteiger charge is 2.36. The minimum atomic E-state index is -1.28. The van der Waals surface area contributed by atoms with Crippen LogP contribution in [-0.2, 0) is 20.7 Å². The Morgan fingerprint density at radius 3 is 2.23 bits per heavy atom. The van der Waals surface area contributed by atoms with Gasteiger partial charge in [-0.15, -0.1) is 0 Å². The summed E-state index contributed by atoms with van der Waals surface area (Å²) in [6, 6.07) is 18.8. The molecule has 8 heteroatoms. The average Bonchev–Trinajstić information content (AvgIpc) is 2.92. The van der Waals surface area contributed by atoms with Crippen LogP contribution in [0, 0.1) is 0 Å². The second-order valence-corrected chi connectivity index (χ2v) is 10.8. The Labute approximate surface area is 236 Å². The van der Waals surface area contributed by atoms with Crippen LogP contribution in [0.2, 0.25) is 0 Å². The fourth-order valence-corrected chi connectivity index (χ4v) is 4.42. The normalized spacial score (nSPS) is 12.8. The molecule has 3 rings (SSSR count). The Morgan fingerprint density at radius 2 is 1.62 bits per heavy atom. The maximum absolute atomic E-state index is 14.0. The van der Waals surface area contributed by atoms with Gasteiger partial charge in [-0.25, -0.2) is 4.79 Å². The van der Waals surface area contributed by atoms with Crippen molar-refractivity contribution in [1.82, 2.24) is 10.2 Å². The van der Waals surface area contributed by atoms with Crippen molar-refractivity contribution in [3.05, 3.63) is 77.9 Å². The number of nitrogens with one attached hydrogen (secondary N) is 2. The fourth-order valence-electron chi connectivity index (χ4n) is 4.42. The lowest BCUT2D eigenvalue weighted by Gasteiger charge is -2.34. The molecule has 3 aromatic rings. The van der Waals surface area contributed by atoms with Gasteiger partial charge in [0.05, 0.1) is 6.61 Å². The zero-order valence-electron chi connectivity index (χ0n) is 24.1. The topological polar surface area (TPSA) is 108 Å². The van der Waals surface area contributed by atoms with Gasteiger partial charge >= 0.3 is 6.09 Å². The Kier molecular flexibility index (Phi) is 10.7. The highest BCUT2D eigenvalue weighted by Crippen LogP contribution is 2.27. The average molecular weight is 548 g/mol. The smallest absolute Gasteiger partial charge is 0.408 e. The molecule has 2 atom stereocenters. The third-order valence-corrected chi connectivity index (χ3v) is 6.49. The number of carbonyl (C=O) groups excluding carboxylic acids is 3. The highest BCUT2D eigenvalue weighted by molar-refractivity contribution is 6.00. The van der Waals surface area contributed by atoms with E-state index in [0.29, 0.717) is 17.7 Å². The maximum atomic E-state index is 14.0. The van der Waals surface area contributed by atoms with Crippen LogP contribution in [0.25, 0.3) is 10.8 Å². The molecule has 0 aliphatic carbocycles. The van der Waals surface area contributed by atoms with Gasteiger partial charge in [0.25, 0.3) is 5.91 Å². The zero-order chi connectivity index (χ0) is 29.3. The van der Waals surface area contributed by atoms with Crippen molar-refractivity contribution in [1.29, 1.82) is 0 Å². The first-order valence-electron chi connectivity index (χ1n) is 13.9. The molecule has 0 spiro atoms. The molecule has 214 valence electrons. The van der Waals surface area contributed by atoms with Gasteiger partial charge in [0.1, 0.15) is 17.7 Å². The minimum Gasteiger partial charge on any atom is -0.444 e. The van der Waals surface area contributed by atoms with Gasteiger partial charge in [-0.05, 0) is 67.6 Å². The van der Waals surface area contributed by atoms with E-state index in [0.717, 1.165) is 29.2 Å². The lowest BCUT2D eigenvalue weighted by atomic mass is 10.00. The number of unbranched alkanes of at least 4 members (excludes halogenated alkanes) is 1. The Balaban J connectivity index is 1.98. The number of alkyl carbamates (subject to hydrolysis) is 1. The molecule has 40 heavy (non-hydrogen) atoms. The molecule has 8 nitrogen and oxygen atoms in total. The van der Waals surface area contributed by atoms with Crippen LogP contribution in [0.4, 0.5) is 10.5 Å². The summed E-state index contributed by atoms with van der Waals surface area (Å²) in [6.07, 6.45) is 1.42. The predicted octanol–water partition coefficient (Wildman–Crippen LogP) is 5.60. The molecule has 0 aliphatic rings.